The van der Waals surface area contributed by atoms with E-state index in [1.165, 1.54) is 24.3 Å². The van der Waals surface area contributed by atoms with E-state index in [-0.39, 0.29) is 16.3 Å². The van der Waals surface area contributed by atoms with Gasteiger partial charge in [-0.2, -0.15) is 0 Å². The number of nitrogens with zero attached hydrogens (tertiary/aromatic N) is 1. The molecule has 0 radical (unpaired) electrons. The first kappa shape index (κ1) is 17.7. The van der Waals surface area contributed by atoms with Gasteiger partial charge in [0.25, 0.3) is 11.8 Å². The van der Waals surface area contributed by atoms with Crippen molar-refractivity contribution in [3.8, 4) is 0 Å². The van der Waals surface area contributed by atoms with Crippen LogP contribution in [0.15, 0.2) is 59.3 Å². The highest BCUT2D eigenvalue weighted by Gasteiger charge is 2.38. The van der Waals surface area contributed by atoms with E-state index in [0.29, 0.717) is 11.4 Å². The van der Waals surface area contributed by atoms with E-state index in [1.807, 2.05) is 19.1 Å². The van der Waals surface area contributed by atoms with E-state index in [9.17, 15) is 19.5 Å². The van der Waals surface area contributed by atoms with Crippen LogP contribution in [-0.4, -0.2) is 17.8 Å². The predicted molar refractivity (Wildman–Crippen MR) is 95.6 cm³/mol. The van der Waals surface area contributed by atoms with Crippen LogP contribution in [-0.2, 0) is 16.0 Å². The third-order valence-electron chi connectivity index (χ3n) is 4.02. The molecule has 0 atom stereocenters. The maximum absolute atomic E-state index is 12.7. The molecular weight excluding hydrogens is 356 g/mol. The van der Waals surface area contributed by atoms with Crippen molar-refractivity contribution < 1.29 is 19.5 Å². The van der Waals surface area contributed by atoms with Gasteiger partial charge in [-0.05, 0) is 41.8 Å². The Bertz CT molecular complexity index is 918. The summed E-state index contributed by atoms with van der Waals surface area (Å²) in [4.78, 5) is 36.8. The number of aryl methyl sites for hydroxylation is 1. The summed E-state index contributed by atoms with van der Waals surface area (Å²) in [5.41, 5.74) is 1.88. The van der Waals surface area contributed by atoms with Gasteiger partial charge in [0.2, 0.25) is 0 Å². The first-order chi connectivity index (χ1) is 12.4. The smallest absolute Gasteiger partial charge is 0.283 e. The van der Waals surface area contributed by atoms with Crippen LogP contribution < -0.4 is 15.3 Å². The molecule has 0 saturated heterocycles. The summed E-state index contributed by atoms with van der Waals surface area (Å²) in [7, 11) is 0. The van der Waals surface area contributed by atoms with Gasteiger partial charge in [0.05, 0.1) is 11.7 Å². The first-order valence-corrected chi connectivity index (χ1v) is 8.26. The molecule has 0 unspecified atom stereocenters. The minimum atomic E-state index is -1.30. The van der Waals surface area contributed by atoms with Crippen molar-refractivity contribution in [3.05, 3.63) is 70.4 Å². The largest absolute Gasteiger partial charge is 0.545 e. The summed E-state index contributed by atoms with van der Waals surface area (Å²) in [6.45, 7) is 2.01. The van der Waals surface area contributed by atoms with Crippen molar-refractivity contribution >= 4 is 40.8 Å². The zero-order valence-electron chi connectivity index (χ0n) is 13.8. The molecule has 0 aliphatic carbocycles. The fourth-order valence-corrected chi connectivity index (χ4v) is 2.77. The Balaban J connectivity index is 1.85. The molecule has 132 valence electrons. The molecule has 2 aromatic carbocycles. The van der Waals surface area contributed by atoms with Crippen LogP contribution in [0, 0.1) is 0 Å². The van der Waals surface area contributed by atoms with Crippen LogP contribution in [0.4, 0.5) is 11.4 Å². The highest BCUT2D eigenvalue weighted by molar-refractivity contribution is 6.53. The molecule has 2 amide bonds. The van der Waals surface area contributed by atoms with E-state index in [1.54, 1.807) is 12.1 Å². The number of carbonyl (C=O) groups is 3. The maximum atomic E-state index is 12.7. The van der Waals surface area contributed by atoms with Crippen LogP contribution in [0.2, 0.25) is 0 Å². The van der Waals surface area contributed by atoms with Crippen molar-refractivity contribution in [2.45, 2.75) is 13.3 Å². The standard InChI is InChI=1S/C19H15ClN2O4/c1-2-11-3-9-14(10-4-11)22-17(23)15(20)16(18(22)24)21-13-7-5-12(6-8-13)19(25)26/h3-10,21H,2H2,1H3,(H,25,26)/p-1. The van der Waals surface area contributed by atoms with Gasteiger partial charge in [0.1, 0.15) is 10.7 Å². The second kappa shape index (κ2) is 7.01. The fraction of sp³-hybridized carbons (Fsp3) is 0.105. The molecule has 1 N–H and O–H groups in total. The lowest BCUT2D eigenvalue weighted by Crippen LogP contribution is -2.32. The highest BCUT2D eigenvalue weighted by atomic mass is 35.5. The summed E-state index contributed by atoms with van der Waals surface area (Å²) in [5, 5.41) is 13.3. The Hall–Kier alpha value is -3.12. The van der Waals surface area contributed by atoms with Crippen LogP contribution in [0.1, 0.15) is 22.8 Å². The van der Waals surface area contributed by atoms with Crippen LogP contribution in [0.3, 0.4) is 0 Å². The minimum absolute atomic E-state index is 0.00194. The van der Waals surface area contributed by atoms with Crippen molar-refractivity contribution in [1.82, 2.24) is 0 Å². The Morgan fingerprint density at radius 3 is 2.19 bits per heavy atom. The zero-order chi connectivity index (χ0) is 18.8. The number of aromatic carboxylic acids is 1. The summed E-state index contributed by atoms with van der Waals surface area (Å²) in [6, 6.07) is 12.6. The molecular formula is C19H14ClN2O4-. The number of hydrogen-bond donors (Lipinski definition) is 1. The molecule has 1 aliphatic heterocycles. The molecule has 0 aromatic heterocycles. The zero-order valence-corrected chi connectivity index (χ0v) is 14.5. The number of benzene rings is 2. The molecule has 7 heteroatoms. The Morgan fingerprint density at radius 2 is 1.65 bits per heavy atom. The van der Waals surface area contributed by atoms with E-state index in [2.05, 4.69) is 5.32 Å². The SMILES string of the molecule is CCc1ccc(N2C(=O)C(Cl)=C(Nc3ccc(C(=O)[O-])cc3)C2=O)cc1. The van der Waals surface area contributed by atoms with Gasteiger partial charge in [0.15, 0.2) is 0 Å². The number of nitrogens with one attached hydrogen (secondary N) is 1. The third-order valence-corrected chi connectivity index (χ3v) is 4.37. The van der Waals surface area contributed by atoms with E-state index < -0.39 is 17.8 Å². The first-order valence-electron chi connectivity index (χ1n) is 7.88. The summed E-state index contributed by atoms with van der Waals surface area (Å²) >= 11 is 6.06. The lowest BCUT2D eigenvalue weighted by atomic mass is 10.1. The van der Waals surface area contributed by atoms with Gasteiger partial charge in [0, 0.05) is 5.69 Å². The second-order valence-electron chi connectivity index (χ2n) is 5.64. The Kier molecular flexibility index (Phi) is 4.77. The number of halogens is 1. The number of imide groups is 1. The number of carbonyl (C=O) groups excluding carboxylic acids is 3. The van der Waals surface area contributed by atoms with Gasteiger partial charge < -0.3 is 15.2 Å². The molecule has 26 heavy (non-hydrogen) atoms. The summed E-state index contributed by atoms with van der Waals surface area (Å²) in [5.74, 6) is -2.49. The molecule has 6 nitrogen and oxygen atoms in total. The summed E-state index contributed by atoms with van der Waals surface area (Å²) < 4.78 is 0. The molecule has 0 saturated carbocycles. The highest BCUT2D eigenvalue weighted by Crippen LogP contribution is 2.30. The Labute approximate surface area is 154 Å². The fourth-order valence-electron chi connectivity index (χ4n) is 2.56. The van der Waals surface area contributed by atoms with Gasteiger partial charge in [-0.15, -0.1) is 0 Å². The van der Waals surface area contributed by atoms with E-state index >= 15 is 0 Å². The van der Waals surface area contributed by atoms with Crippen molar-refractivity contribution in [3.63, 3.8) is 0 Å². The van der Waals surface area contributed by atoms with Gasteiger partial charge >= 0.3 is 0 Å². The number of anilines is 2. The van der Waals surface area contributed by atoms with Gasteiger partial charge in [-0.1, -0.05) is 42.8 Å². The Morgan fingerprint density at radius 1 is 1.04 bits per heavy atom. The molecule has 1 heterocycles. The topological polar surface area (TPSA) is 89.5 Å². The summed E-state index contributed by atoms with van der Waals surface area (Å²) in [6.07, 6.45) is 0.843. The van der Waals surface area contributed by atoms with E-state index in [0.717, 1.165) is 16.9 Å². The van der Waals surface area contributed by atoms with Crippen molar-refractivity contribution in [1.29, 1.82) is 0 Å². The van der Waals surface area contributed by atoms with Crippen molar-refractivity contribution in [2.75, 3.05) is 10.2 Å². The molecule has 0 bridgehead atoms. The number of carboxylic acids is 1. The molecule has 0 spiro atoms. The third kappa shape index (κ3) is 3.19. The second-order valence-corrected chi connectivity index (χ2v) is 6.02. The lowest BCUT2D eigenvalue weighted by molar-refractivity contribution is -0.255. The number of carboxylic acid groups (broad SMARTS) is 1. The predicted octanol–water partition coefficient (Wildman–Crippen LogP) is 2.05. The van der Waals surface area contributed by atoms with Crippen LogP contribution in [0.5, 0.6) is 0 Å². The van der Waals surface area contributed by atoms with Crippen LogP contribution >= 0.6 is 11.6 Å². The van der Waals surface area contributed by atoms with Crippen molar-refractivity contribution in [2.24, 2.45) is 0 Å². The average Bonchev–Trinajstić information content (AvgIpc) is 2.86. The quantitative estimate of drug-likeness (QED) is 0.815. The normalized spacial score (nSPS) is 14.2. The van der Waals surface area contributed by atoms with E-state index in [4.69, 9.17) is 11.6 Å². The molecule has 2 aromatic rings. The number of rotatable bonds is 5. The number of amides is 2. The average molecular weight is 370 g/mol. The van der Waals surface area contributed by atoms with Gasteiger partial charge in [-0.3, -0.25) is 9.59 Å². The number of hydrogen-bond acceptors (Lipinski definition) is 5. The monoisotopic (exact) mass is 369 g/mol. The minimum Gasteiger partial charge on any atom is -0.545 e. The molecule has 0 fully saturated rings. The maximum Gasteiger partial charge on any atom is 0.283 e. The van der Waals surface area contributed by atoms with Crippen LogP contribution in [0.25, 0.3) is 0 Å². The van der Waals surface area contributed by atoms with Gasteiger partial charge in [-0.25, -0.2) is 4.90 Å². The molecule has 3 rings (SSSR count). The molecule has 1 aliphatic rings. The lowest BCUT2D eigenvalue weighted by Gasteiger charge is -2.15.